The van der Waals surface area contributed by atoms with Crippen LogP contribution in [0.5, 0.6) is 0 Å². The van der Waals surface area contributed by atoms with E-state index in [-0.39, 0.29) is 11.7 Å². The van der Waals surface area contributed by atoms with Gasteiger partial charge in [0.05, 0.1) is 18.2 Å². The summed E-state index contributed by atoms with van der Waals surface area (Å²) in [6, 6.07) is 1.45. The van der Waals surface area contributed by atoms with E-state index in [4.69, 9.17) is 0 Å². The second-order valence-corrected chi connectivity index (χ2v) is 5.25. The Morgan fingerprint density at radius 3 is 2.38 bits per heavy atom. The van der Waals surface area contributed by atoms with E-state index in [0.717, 1.165) is 32.1 Å². The van der Waals surface area contributed by atoms with Crippen LogP contribution in [-0.2, 0) is 11.2 Å². The van der Waals surface area contributed by atoms with Crippen LogP contribution in [0.3, 0.4) is 0 Å². The minimum atomic E-state index is -5.87. The normalized spacial score (nSPS) is 18.0. The smallest absolute Gasteiger partial charge is 0.292 e. The van der Waals surface area contributed by atoms with E-state index in [1.54, 1.807) is 4.68 Å². The average molecular weight is 310 g/mol. The van der Waals surface area contributed by atoms with Gasteiger partial charge in [0.2, 0.25) is 5.78 Å². The SMILES string of the molecule is O=C(Cc1ccn(C2CCCCC2)n1)C(F)(F)C(F)(F)F. The lowest BCUT2D eigenvalue weighted by Gasteiger charge is -2.21. The minimum absolute atomic E-state index is 0.0606. The van der Waals surface area contributed by atoms with Crippen molar-refractivity contribution in [3.05, 3.63) is 18.0 Å². The number of nitrogens with zero attached hydrogens (tertiary/aromatic N) is 2. The first-order chi connectivity index (χ1) is 9.72. The first-order valence-corrected chi connectivity index (χ1v) is 6.73. The molecule has 0 spiro atoms. The van der Waals surface area contributed by atoms with Gasteiger partial charge in [0, 0.05) is 6.20 Å². The van der Waals surface area contributed by atoms with Crippen molar-refractivity contribution in [3.8, 4) is 0 Å². The number of rotatable bonds is 4. The van der Waals surface area contributed by atoms with Gasteiger partial charge in [-0.25, -0.2) is 0 Å². The molecule has 1 saturated carbocycles. The van der Waals surface area contributed by atoms with Crippen molar-refractivity contribution in [3.63, 3.8) is 0 Å². The molecule has 0 aliphatic heterocycles. The highest BCUT2D eigenvalue weighted by Crippen LogP contribution is 2.36. The molecule has 0 amide bonds. The van der Waals surface area contributed by atoms with Crippen molar-refractivity contribution < 1.29 is 26.7 Å². The number of Topliss-reactive ketones (excluding diaryl/α,β-unsaturated/α-hetero) is 1. The summed E-state index contributed by atoms with van der Waals surface area (Å²) in [5.41, 5.74) is -0.0606. The summed E-state index contributed by atoms with van der Waals surface area (Å²) in [6.45, 7) is 0. The molecule has 1 heterocycles. The zero-order valence-electron chi connectivity index (χ0n) is 11.2. The largest absolute Gasteiger partial charge is 0.461 e. The summed E-state index contributed by atoms with van der Waals surface area (Å²) in [7, 11) is 0. The molecular formula is C13H15F5N2O. The van der Waals surface area contributed by atoms with Gasteiger partial charge in [0.1, 0.15) is 0 Å². The van der Waals surface area contributed by atoms with E-state index in [9.17, 15) is 26.7 Å². The molecule has 3 nitrogen and oxygen atoms in total. The number of hydrogen-bond acceptors (Lipinski definition) is 2. The third-order valence-corrected chi connectivity index (χ3v) is 3.66. The fourth-order valence-corrected chi connectivity index (χ4v) is 2.45. The van der Waals surface area contributed by atoms with Gasteiger partial charge in [0.25, 0.3) is 0 Å². The third-order valence-electron chi connectivity index (χ3n) is 3.66. The summed E-state index contributed by atoms with van der Waals surface area (Å²) in [5.74, 6) is -7.51. The predicted molar refractivity (Wildman–Crippen MR) is 64.1 cm³/mol. The van der Waals surface area contributed by atoms with Gasteiger partial charge >= 0.3 is 12.1 Å². The molecular weight excluding hydrogens is 295 g/mol. The van der Waals surface area contributed by atoms with Crippen LogP contribution in [-0.4, -0.2) is 27.7 Å². The molecule has 1 fully saturated rings. The van der Waals surface area contributed by atoms with Gasteiger partial charge < -0.3 is 0 Å². The van der Waals surface area contributed by atoms with Crippen LogP contribution in [0.2, 0.25) is 0 Å². The van der Waals surface area contributed by atoms with Crippen molar-refractivity contribution in [1.82, 2.24) is 9.78 Å². The Morgan fingerprint density at radius 2 is 1.81 bits per heavy atom. The Hall–Kier alpha value is -1.47. The molecule has 1 aliphatic rings. The maximum absolute atomic E-state index is 12.9. The number of halogens is 5. The lowest BCUT2D eigenvalue weighted by atomic mass is 9.96. The van der Waals surface area contributed by atoms with Crippen LogP contribution in [0.4, 0.5) is 22.0 Å². The van der Waals surface area contributed by atoms with Crippen molar-refractivity contribution >= 4 is 5.78 Å². The summed E-state index contributed by atoms with van der Waals surface area (Å²) in [6.07, 6.45) is -0.370. The molecule has 1 aromatic heterocycles. The summed E-state index contributed by atoms with van der Waals surface area (Å²) in [4.78, 5) is 11.1. The molecule has 0 radical (unpaired) electrons. The van der Waals surface area contributed by atoms with Gasteiger partial charge in [-0.15, -0.1) is 0 Å². The van der Waals surface area contributed by atoms with Crippen molar-refractivity contribution in [2.45, 2.75) is 56.7 Å². The number of carbonyl (C=O) groups is 1. The number of hydrogen-bond donors (Lipinski definition) is 0. The molecule has 8 heteroatoms. The van der Waals surface area contributed by atoms with Gasteiger partial charge in [-0.05, 0) is 18.9 Å². The number of alkyl halides is 5. The topological polar surface area (TPSA) is 34.9 Å². The molecule has 0 atom stereocenters. The Kier molecular flexibility index (Phi) is 4.34. The highest BCUT2D eigenvalue weighted by atomic mass is 19.4. The van der Waals surface area contributed by atoms with Gasteiger partial charge in [0.15, 0.2) is 0 Å². The Bertz CT molecular complexity index is 503. The number of ketones is 1. The lowest BCUT2D eigenvalue weighted by Crippen LogP contribution is -2.44. The summed E-state index contributed by atoms with van der Waals surface area (Å²) in [5, 5.41) is 3.96. The van der Waals surface area contributed by atoms with E-state index in [0.29, 0.717) is 0 Å². The number of aromatic nitrogens is 2. The van der Waals surface area contributed by atoms with Crippen LogP contribution in [0.15, 0.2) is 12.3 Å². The van der Waals surface area contributed by atoms with E-state index >= 15 is 0 Å². The second-order valence-electron chi connectivity index (χ2n) is 5.25. The maximum atomic E-state index is 12.9. The zero-order chi connectivity index (χ0) is 15.7. The predicted octanol–water partition coefficient (Wildman–Crippen LogP) is 3.70. The van der Waals surface area contributed by atoms with Crippen LogP contribution >= 0.6 is 0 Å². The first-order valence-electron chi connectivity index (χ1n) is 6.73. The van der Waals surface area contributed by atoms with Crippen LogP contribution in [0.25, 0.3) is 0 Å². The van der Waals surface area contributed by atoms with Crippen molar-refractivity contribution in [1.29, 1.82) is 0 Å². The highest BCUT2D eigenvalue weighted by Gasteiger charge is 2.62. The molecule has 0 saturated heterocycles. The Balaban J connectivity index is 2.04. The molecule has 1 aliphatic carbocycles. The zero-order valence-corrected chi connectivity index (χ0v) is 11.2. The lowest BCUT2D eigenvalue weighted by molar-refractivity contribution is -0.268. The molecule has 1 aromatic rings. The summed E-state index contributed by atoms with van der Waals surface area (Å²) < 4.78 is 63.5. The van der Waals surface area contributed by atoms with Crippen LogP contribution < -0.4 is 0 Å². The maximum Gasteiger partial charge on any atom is 0.461 e. The number of carbonyl (C=O) groups excluding carboxylic acids is 1. The Morgan fingerprint density at radius 1 is 1.19 bits per heavy atom. The second kappa shape index (κ2) is 5.73. The van der Waals surface area contributed by atoms with E-state index in [2.05, 4.69) is 5.10 Å². The monoisotopic (exact) mass is 310 g/mol. The highest BCUT2D eigenvalue weighted by molar-refractivity contribution is 5.88. The van der Waals surface area contributed by atoms with Gasteiger partial charge in [-0.3, -0.25) is 9.48 Å². The fourth-order valence-electron chi connectivity index (χ4n) is 2.45. The molecule has 21 heavy (non-hydrogen) atoms. The third kappa shape index (κ3) is 3.41. The molecule has 118 valence electrons. The molecule has 0 unspecified atom stereocenters. The molecule has 0 aromatic carbocycles. The van der Waals surface area contributed by atoms with Crippen LogP contribution in [0.1, 0.15) is 43.8 Å². The van der Waals surface area contributed by atoms with Gasteiger partial charge in [-0.1, -0.05) is 19.3 Å². The van der Waals surface area contributed by atoms with E-state index in [1.165, 1.54) is 12.3 Å². The quantitative estimate of drug-likeness (QED) is 0.795. The molecule has 0 N–H and O–H groups in total. The first kappa shape index (κ1) is 15.9. The molecule has 0 bridgehead atoms. The van der Waals surface area contributed by atoms with E-state index in [1.807, 2.05) is 0 Å². The van der Waals surface area contributed by atoms with Crippen molar-refractivity contribution in [2.24, 2.45) is 0 Å². The standard InChI is InChI=1S/C13H15F5N2O/c14-12(15,13(16,17)18)11(21)8-9-6-7-20(19-9)10-4-2-1-3-5-10/h6-7,10H,1-5,8H2. The van der Waals surface area contributed by atoms with Gasteiger partial charge in [-0.2, -0.15) is 27.1 Å². The fraction of sp³-hybridized carbons (Fsp3) is 0.692. The van der Waals surface area contributed by atoms with Crippen LogP contribution in [0, 0.1) is 0 Å². The average Bonchev–Trinajstić information content (AvgIpc) is 2.87. The minimum Gasteiger partial charge on any atom is -0.292 e. The van der Waals surface area contributed by atoms with E-state index < -0.39 is 24.3 Å². The molecule has 2 rings (SSSR count). The summed E-state index contributed by atoms with van der Waals surface area (Å²) >= 11 is 0. The Labute approximate surface area is 118 Å². The van der Waals surface area contributed by atoms with Crippen molar-refractivity contribution in [2.75, 3.05) is 0 Å².